The molecule has 0 unspecified atom stereocenters. The smallest absolute Gasteiger partial charge is 0.410 e. The molecule has 0 spiro atoms. The first-order valence-electron chi connectivity index (χ1n) is 15.5. The third kappa shape index (κ3) is 6.47. The highest BCUT2D eigenvalue weighted by Crippen LogP contribution is 2.34. The maximum Gasteiger partial charge on any atom is 0.410 e. The molecule has 2 atom stereocenters. The first kappa shape index (κ1) is 30.8. The van der Waals surface area contributed by atoms with E-state index in [0.717, 1.165) is 31.1 Å². The van der Waals surface area contributed by atoms with E-state index in [-0.39, 0.29) is 29.3 Å². The number of hydrogen-bond acceptors (Lipinski definition) is 8. The van der Waals surface area contributed by atoms with Gasteiger partial charge in [0.1, 0.15) is 28.6 Å². The molecule has 2 aliphatic rings. The second-order valence-corrected chi connectivity index (χ2v) is 13.4. The summed E-state index contributed by atoms with van der Waals surface area (Å²) in [5.41, 5.74) is 1.89. The van der Waals surface area contributed by atoms with E-state index in [1.807, 2.05) is 51.0 Å². The summed E-state index contributed by atoms with van der Waals surface area (Å²) in [6.45, 7) is 14.4. The molecule has 1 N–H and O–H groups in total. The number of fused-ring (bicyclic) bond motifs is 2. The number of anilines is 2. The van der Waals surface area contributed by atoms with Gasteiger partial charge in [0.25, 0.3) is 0 Å². The minimum Gasteiger partial charge on any atom is -0.444 e. The summed E-state index contributed by atoms with van der Waals surface area (Å²) in [4.78, 5) is 34.4. The summed E-state index contributed by atoms with van der Waals surface area (Å²) >= 11 is 0. The van der Waals surface area contributed by atoms with Crippen LogP contribution in [0.3, 0.4) is 0 Å². The number of aromatic nitrogens is 5. The first-order valence-corrected chi connectivity index (χ1v) is 15.5. The van der Waals surface area contributed by atoms with Gasteiger partial charge in [0.15, 0.2) is 5.82 Å². The van der Waals surface area contributed by atoms with Crippen molar-refractivity contribution >= 4 is 28.9 Å². The van der Waals surface area contributed by atoms with Gasteiger partial charge in [-0.2, -0.15) is 0 Å². The lowest BCUT2D eigenvalue weighted by molar-refractivity contribution is 0.0279. The topological polar surface area (TPSA) is 101 Å². The van der Waals surface area contributed by atoms with Crippen LogP contribution in [0.1, 0.15) is 64.9 Å². The fraction of sp³-hybridized carbons (Fsp3) is 0.485. The van der Waals surface area contributed by atoms with E-state index in [0.29, 0.717) is 54.2 Å². The number of aryl methyl sites for hydroxylation is 1. The van der Waals surface area contributed by atoms with Crippen LogP contribution in [-0.2, 0) is 11.3 Å². The van der Waals surface area contributed by atoms with Gasteiger partial charge in [0, 0.05) is 55.2 Å². The maximum atomic E-state index is 15.1. The van der Waals surface area contributed by atoms with Crippen LogP contribution in [0.5, 0.6) is 0 Å². The molecular weight excluding hydrogens is 578 g/mol. The number of halogens is 2. The zero-order valence-electron chi connectivity index (χ0n) is 26.6. The molecule has 6 rings (SSSR count). The van der Waals surface area contributed by atoms with E-state index in [1.54, 1.807) is 18.5 Å². The Labute approximate surface area is 261 Å². The predicted molar refractivity (Wildman–Crippen MR) is 168 cm³/mol. The van der Waals surface area contributed by atoms with Crippen molar-refractivity contribution in [2.24, 2.45) is 5.92 Å². The fourth-order valence-electron chi connectivity index (χ4n) is 6.60. The molecule has 2 aliphatic heterocycles. The lowest BCUT2D eigenvalue weighted by atomic mass is 9.92. The lowest BCUT2D eigenvalue weighted by Crippen LogP contribution is -2.45. The number of nitrogens with zero attached hydrogens (tertiary/aromatic N) is 7. The van der Waals surface area contributed by atoms with E-state index in [1.165, 1.54) is 12.1 Å². The number of piperidine rings is 1. The van der Waals surface area contributed by atoms with Crippen molar-refractivity contribution in [1.82, 2.24) is 34.3 Å². The number of benzene rings is 1. The molecule has 2 saturated heterocycles. The molecule has 2 fully saturated rings. The molecule has 3 aromatic heterocycles. The molecule has 45 heavy (non-hydrogen) atoms. The zero-order chi connectivity index (χ0) is 32.0. The summed E-state index contributed by atoms with van der Waals surface area (Å²) in [5.74, 6) is 0.675. The highest BCUT2D eigenvalue weighted by molar-refractivity contribution is 5.84. The van der Waals surface area contributed by atoms with Gasteiger partial charge in [-0.3, -0.25) is 4.90 Å². The van der Waals surface area contributed by atoms with Crippen LogP contribution >= 0.6 is 0 Å². The van der Waals surface area contributed by atoms with Crippen molar-refractivity contribution in [3.8, 4) is 11.1 Å². The normalized spacial score (nSPS) is 18.9. The van der Waals surface area contributed by atoms with E-state index >= 15 is 4.39 Å². The Kier molecular flexibility index (Phi) is 8.19. The molecule has 0 radical (unpaired) electrons. The van der Waals surface area contributed by atoms with Crippen molar-refractivity contribution < 1.29 is 18.3 Å². The Balaban J connectivity index is 1.15. The van der Waals surface area contributed by atoms with Crippen molar-refractivity contribution in [2.75, 3.05) is 25.0 Å². The van der Waals surface area contributed by atoms with Crippen molar-refractivity contribution in [3.63, 3.8) is 0 Å². The average molecular weight is 619 g/mol. The Bertz CT molecular complexity index is 1720. The van der Waals surface area contributed by atoms with Crippen molar-refractivity contribution in [1.29, 1.82) is 0 Å². The minimum absolute atomic E-state index is 0.0608. The molecule has 1 amide bonds. The monoisotopic (exact) mass is 618 g/mol. The number of hydrogen-bond donors (Lipinski definition) is 1. The van der Waals surface area contributed by atoms with Gasteiger partial charge in [-0.1, -0.05) is 0 Å². The van der Waals surface area contributed by atoms with E-state index in [2.05, 4.69) is 30.2 Å². The Hall–Kier alpha value is -4.19. The number of amides is 1. The number of pyridine rings is 1. The number of ether oxygens (including phenoxy) is 1. The van der Waals surface area contributed by atoms with Crippen LogP contribution in [0.25, 0.3) is 22.2 Å². The largest absolute Gasteiger partial charge is 0.444 e. The highest BCUT2D eigenvalue weighted by atomic mass is 19.1. The predicted octanol–water partition coefficient (Wildman–Crippen LogP) is 6.63. The van der Waals surface area contributed by atoms with E-state index in [4.69, 9.17) is 4.74 Å². The van der Waals surface area contributed by atoms with Crippen molar-refractivity contribution in [3.05, 3.63) is 59.8 Å². The van der Waals surface area contributed by atoms with Crippen LogP contribution < -0.4 is 5.32 Å². The summed E-state index contributed by atoms with van der Waals surface area (Å²) in [5, 5.41) is 3.05. The molecule has 0 bridgehead atoms. The van der Waals surface area contributed by atoms with Gasteiger partial charge in [-0.25, -0.2) is 33.5 Å². The van der Waals surface area contributed by atoms with Gasteiger partial charge >= 0.3 is 6.09 Å². The number of carbonyl (C=O) groups is 1. The molecule has 0 saturated carbocycles. The van der Waals surface area contributed by atoms with Crippen LogP contribution in [0.4, 0.5) is 25.3 Å². The third-order valence-electron chi connectivity index (χ3n) is 8.49. The van der Waals surface area contributed by atoms with Crippen LogP contribution in [0.2, 0.25) is 0 Å². The summed E-state index contributed by atoms with van der Waals surface area (Å²) < 4.78 is 37.6. The van der Waals surface area contributed by atoms with Crippen LogP contribution in [-0.4, -0.2) is 71.7 Å². The number of likely N-dealkylation sites (tertiary alicyclic amines) is 2. The standard InChI is InChI=1S/C33H40F2N8O2/c1-19(2)43-20(3)39-30-25(34)10-23(11-27(30)43)24-12-29(36-15-26(24)35)40-31-37-13-21(14-38-31)16-41-9-7-8-22-17-42(18-28(22)41)32(44)45-33(4,5)6/h10-15,19,22,28H,7-9,16-18H2,1-6H3,(H,36,37,38,40)/t22-,28+/m0/s1. The molecule has 10 nitrogen and oxygen atoms in total. The Morgan fingerprint density at radius 2 is 1.82 bits per heavy atom. The van der Waals surface area contributed by atoms with Gasteiger partial charge in [-0.05, 0) is 90.6 Å². The second-order valence-electron chi connectivity index (χ2n) is 13.4. The Morgan fingerprint density at radius 1 is 1.07 bits per heavy atom. The van der Waals surface area contributed by atoms with Crippen LogP contribution in [0.15, 0.2) is 36.8 Å². The Morgan fingerprint density at radius 3 is 2.53 bits per heavy atom. The summed E-state index contributed by atoms with van der Waals surface area (Å²) in [7, 11) is 0. The maximum absolute atomic E-state index is 15.1. The summed E-state index contributed by atoms with van der Waals surface area (Å²) in [6, 6.07) is 4.91. The molecule has 4 aromatic rings. The molecule has 1 aromatic carbocycles. The first-order chi connectivity index (χ1) is 21.4. The zero-order valence-corrected chi connectivity index (χ0v) is 26.6. The SMILES string of the molecule is Cc1nc2c(F)cc(-c3cc(Nc4ncc(CN5CCC[C@H]6CN(C(=O)OC(C)(C)C)C[C@H]65)cn4)ncc3F)cc2n1C(C)C. The van der Waals surface area contributed by atoms with Crippen LogP contribution in [0, 0.1) is 24.5 Å². The molecule has 12 heteroatoms. The third-order valence-corrected chi connectivity index (χ3v) is 8.49. The van der Waals surface area contributed by atoms with Gasteiger partial charge in [0.2, 0.25) is 5.95 Å². The van der Waals surface area contributed by atoms with Gasteiger partial charge in [0.05, 0.1) is 11.7 Å². The average Bonchev–Trinajstić information content (AvgIpc) is 3.56. The summed E-state index contributed by atoms with van der Waals surface area (Å²) in [6.07, 6.45) is 6.54. The van der Waals surface area contributed by atoms with E-state index in [9.17, 15) is 9.18 Å². The molecule has 238 valence electrons. The molecule has 0 aliphatic carbocycles. The fourth-order valence-corrected chi connectivity index (χ4v) is 6.60. The number of imidazole rings is 1. The molecule has 5 heterocycles. The highest BCUT2D eigenvalue weighted by Gasteiger charge is 2.41. The van der Waals surface area contributed by atoms with Gasteiger partial charge in [-0.15, -0.1) is 0 Å². The quantitative estimate of drug-likeness (QED) is 0.257. The lowest BCUT2D eigenvalue weighted by Gasteiger charge is -2.36. The van der Waals surface area contributed by atoms with E-state index < -0.39 is 17.2 Å². The van der Waals surface area contributed by atoms with Crippen molar-refractivity contribution in [2.45, 2.75) is 78.6 Å². The molecular formula is C33H40F2N8O2. The number of carbonyl (C=O) groups excluding carboxylic acids is 1. The minimum atomic E-state index is -0.570. The van der Waals surface area contributed by atoms with Gasteiger partial charge < -0.3 is 19.5 Å². The second kappa shape index (κ2) is 12.0. The number of rotatable bonds is 6. The number of nitrogens with one attached hydrogen (secondary N) is 1.